The number of methoxy groups -OCH3 is 1. The fourth-order valence-electron chi connectivity index (χ4n) is 4.53. The van der Waals surface area contributed by atoms with E-state index >= 15 is 0 Å². The third kappa shape index (κ3) is 6.66. The number of nitrogens with zero attached hydrogens (tertiary/aromatic N) is 4. The van der Waals surface area contributed by atoms with Gasteiger partial charge >= 0.3 is 0 Å². The monoisotopic (exact) mass is 551 g/mol. The van der Waals surface area contributed by atoms with Crippen LogP contribution in [0.1, 0.15) is 62.0 Å². The maximum absolute atomic E-state index is 9.52. The highest BCUT2D eigenvalue weighted by Crippen LogP contribution is 2.43. The number of nitrogens with one attached hydrogen (secondary N) is 2. The van der Waals surface area contributed by atoms with Gasteiger partial charge in [0, 0.05) is 41.7 Å². The molecule has 1 unspecified atom stereocenters. The highest BCUT2D eigenvalue weighted by atomic mass is 35.5. The Balaban J connectivity index is 2.14. The summed E-state index contributed by atoms with van der Waals surface area (Å²) in [5, 5.41) is 21.6. The molecule has 0 aliphatic heterocycles. The Labute approximate surface area is 235 Å². The van der Waals surface area contributed by atoms with Gasteiger partial charge in [-0.15, -0.1) is 0 Å². The molecular formula is C29H38ClN7O2. The summed E-state index contributed by atoms with van der Waals surface area (Å²) >= 11 is 6.79. The van der Waals surface area contributed by atoms with Crippen LogP contribution in [-0.4, -0.2) is 58.0 Å². The average molecular weight is 552 g/mol. The third-order valence-corrected chi connectivity index (χ3v) is 6.96. The average Bonchev–Trinajstić information content (AvgIpc) is 2.90. The molecule has 0 saturated carbocycles. The van der Waals surface area contributed by atoms with E-state index in [2.05, 4.69) is 33.3 Å². The van der Waals surface area contributed by atoms with Gasteiger partial charge in [-0.2, -0.15) is 0 Å². The van der Waals surface area contributed by atoms with Crippen LogP contribution in [-0.2, 0) is 0 Å². The summed E-state index contributed by atoms with van der Waals surface area (Å²) in [6.07, 6.45) is 7.20. The van der Waals surface area contributed by atoms with Crippen molar-refractivity contribution in [1.82, 2.24) is 19.9 Å². The summed E-state index contributed by atoms with van der Waals surface area (Å²) in [5.74, 6) is 1.38. The first-order valence-corrected chi connectivity index (χ1v) is 13.3. The summed E-state index contributed by atoms with van der Waals surface area (Å²) in [6.45, 7) is 8.26. The summed E-state index contributed by atoms with van der Waals surface area (Å²) in [7, 11) is 3.59. The van der Waals surface area contributed by atoms with Gasteiger partial charge in [0.2, 0.25) is 0 Å². The minimum atomic E-state index is -0.291. The van der Waals surface area contributed by atoms with E-state index in [0.29, 0.717) is 28.7 Å². The van der Waals surface area contributed by atoms with Crippen molar-refractivity contribution in [3.8, 4) is 16.9 Å². The lowest BCUT2D eigenvalue weighted by atomic mass is 9.93. The molecule has 5 N–H and O–H groups in total. The van der Waals surface area contributed by atoms with Crippen molar-refractivity contribution in [2.45, 2.75) is 46.6 Å². The predicted octanol–water partition coefficient (Wildman–Crippen LogP) is 5.72. The standard InChI is InChI=1S/C29H38ClN7O2/c1-7-8-9-24(37(5)12-13-38)23-14-20(10-11-33-23)25-17(2)22(30)15-21(27(25)39-6)19(4)36-29-26(18(3)31)28(32)34-16-35-29/h9-11,14-16,19,31,38H,7-8,12-13H2,1-6H3,(H3,32,34,35,36)/b24-9+,31-18?. The van der Waals surface area contributed by atoms with E-state index in [-0.39, 0.29) is 24.2 Å². The van der Waals surface area contributed by atoms with Crippen LogP contribution < -0.4 is 15.8 Å². The predicted molar refractivity (Wildman–Crippen MR) is 160 cm³/mol. The topological polar surface area (TPSA) is 133 Å². The van der Waals surface area contributed by atoms with Crippen LogP contribution in [0.2, 0.25) is 5.02 Å². The summed E-state index contributed by atoms with van der Waals surface area (Å²) in [4.78, 5) is 15.0. The van der Waals surface area contributed by atoms with Gasteiger partial charge in [-0.05, 0) is 56.5 Å². The number of hydrogen-bond acceptors (Lipinski definition) is 9. The molecule has 1 atom stereocenters. The zero-order valence-electron chi connectivity index (χ0n) is 23.5. The Bertz CT molecular complexity index is 1360. The number of ether oxygens (including phenoxy) is 1. The lowest BCUT2D eigenvalue weighted by Crippen LogP contribution is -2.21. The van der Waals surface area contributed by atoms with Gasteiger partial charge in [0.05, 0.1) is 36.7 Å². The zero-order valence-corrected chi connectivity index (χ0v) is 24.2. The molecule has 0 radical (unpaired) electrons. The smallest absolute Gasteiger partial charge is 0.141 e. The molecule has 39 heavy (non-hydrogen) atoms. The molecule has 9 nitrogen and oxygen atoms in total. The number of allylic oxidation sites excluding steroid dienone is 1. The van der Waals surface area contributed by atoms with Gasteiger partial charge < -0.3 is 31.2 Å². The normalized spacial score (nSPS) is 12.3. The molecule has 0 fully saturated rings. The van der Waals surface area contributed by atoms with Crippen molar-refractivity contribution in [2.24, 2.45) is 0 Å². The van der Waals surface area contributed by atoms with Gasteiger partial charge in [0.1, 0.15) is 23.7 Å². The number of hydrogen-bond donors (Lipinski definition) is 4. The van der Waals surface area contributed by atoms with Gasteiger partial charge in [-0.3, -0.25) is 4.98 Å². The Kier molecular flexibility index (Phi) is 10.3. The number of nitrogens with two attached hydrogens (primary N) is 1. The molecule has 0 amide bonds. The molecule has 3 aromatic rings. The first-order chi connectivity index (χ1) is 18.6. The Morgan fingerprint density at radius 3 is 2.69 bits per heavy atom. The van der Waals surface area contributed by atoms with E-state index in [4.69, 9.17) is 27.5 Å². The molecule has 0 bridgehead atoms. The Morgan fingerprint density at radius 1 is 1.31 bits per heavy atom. The van der Waals surface area contributed by atoms with E-state index in [1.807, 2.05) is 44.0 Å². The number of aromatic nitrogens is 3. The highest BCUT2D eigenvalue weighted by molar-refractivity contribution is 6.32. The number of likely N-dealkylation sites (N-methyl/N-ethyl adjacent to an activating group) is 1. The molecule has 0 aliphatic carbocycles. The van der Waals surface area contributed by atoms with Crippen LogP contribution in [0.25, 0.3) is 16.8 Å². The first-order valence-electron chi connectivity index (χ1n) is 12.9. The number of aliphatic hydroxyl groups is 1. The van der Waals surface area contributed by atoms with Crippen LogP contribution >= 0.6 is 11.6 Å². The Morgan fingerprint density at radius 2 is 2.05 bits per heavy atom. The number of rotatable bonds is 12. The van der Waals surface area contributed by atoms with E-state index in [0.717, 1.165) is 46.5 Å². The molecule has 2 heterocycles. The van der Waals surface area contributed by atoms with E-state index in [1.54, 1.807) is 20.2 Å². The number of nitrogen functional groups attached to an aromatic ring is 1. The van der Waals surface area contributed by atoms with Gasteiger partial charge in [-0.1, -0.05) is 31.0 Å². The third-order valence-electron chi connectivity index (χ3n) is 6.56. The van der Waals surface area contributed by atoms with Crippen molar-refractivity contribution in [1.29, 1.82) is 5.41 Å². The quantitative estimate of drug-likeness (QED) is 0.210. The highest BCUT2D eigenvalue weighted by Gasteiger charge is 2.23. The minimum absolute atomic E-state index is 0.0479. The van der Waals surface area contributed by atoms with Crippen LogP contribution in [0.4, 0.5) is 11.6 Å². The van der Waals surface area contributed by atoms with Crippen molar-refractivity contribution in [2.75, 3.05) is 38.4 Å². The van der Waals surface area contributed by atoms with Crippen LogP contribution in [0, 0.1) is 12.3 Å². The molecule has 10 heteroatoms. The summed E-state index contributed by atoms with van der Waals surface area (Å²) < 4.78 is 6.00. The minimum Gasteiger partial charge on any atom is -0.496 e. The molecule has 3 rings (SSSR count). The summed E-state index contributed by atoms with van der Waals surface area (Å²) in [5.41, 5.74) is 12.0. The SMILES string of the molecule is CCC/C=C(\c1cc(-c2c(C)c(Cl)cc(C(C)Nc3ncnc(N)c3C(C)=N)c2OC)ccn1)N(C)CCO. The van der Waals surface area contributed by atoms with Crippen LogP contribution in [0.15, 0.2) is 36.8 Å². The van der Waals surface area contributed by atoms with Gasteiger partial charge in [0.25, 0.3) is 0 Å². The van der Waals surface area contributed by atoms with Crippen molar-refractivity contribution >= 4 is 34.6 Å². The van der Waals surface area contributed by atoms with Crippen LogP contribution in [0.3, 0.4) is 0 Å². The molecular weight excluding hydrogens is 514 g/mol. The van der Waals surface area contributed by atoms with Gasteiger partial charge in [0.15, 0.2) is 0 Å². The van der Waals surface area contributed by atoms with E-state index < -0.39 is 0 Å². The molecule has 0 saturated heterocycles. The van der Waals surface area contributed by atoms with E-state index in [1.165, 1.54) is 6.33 Å². The number of benzene rings is 1. The van der Waals surface area contributed by atoms with Crippen LogP contribution in [0.5, 0.6) is 5.75 Å². The van der Waals surface area contributed by atoms with Gasteiger partial charge in [-0.25, -0.2) is 9.97 Å². The number of anilines is 2. The maximum atomic E-state index is 9.52. The second kappa shape index (κ2) is 13.4. The Hall–Kier alpha value is -3.69. The van der Waals surface area contributed by atoms with Crippen molar-refractivity contribution < 1.29 is 9.84 Å². The lowest BCUT2D eigenvalue weighted by Gasteiger charge is -2.24. The first kappa shape index (κ1) is 29.9. The van der Waals surface area contributed by atoms with E-state index in [9.17, 15) is 5.11 Å². The van der Waals surface area contributed by atoms with Crippen molar-refractivity contribution in [3.05, 3.63) is 64.2 Å². The molecule has 1 aromatic carbocycles. The second-order valence-electron chi connectivity index (χ2n) is 9.41. The second-order valence-corrected chi connectivity index (χ2v) is 9.81. The molecule has 0 aliphatic rings. The van der Waals surface area contributed by atoms with Crippen molar-refractivity contribution in [3.63, 3.8) is 0 Å². The summed E-state index contributed by atoms with van der Waals surface area (Å²) in [6, 6.07) is 5.57. The number of aliphatic hydroxyl groups excluding tert-OH is 1. The number of unbranched alkanes of at least 4 members (excludes halogenated alkanes) is 1. The zero-order chi connectivity index (χ0) is 28.7. The fraction of sp³-hybridized carbons (Fsp3) is 0.379. The molecule has 0 spiro atoms. The molecule has 208 valence electrons. The largest absolute Gasteiger partial charge is 0.496 e. The lowest BCUT2D eigenvalue weighted by molar-refractivity contribution is 0.259. The maximum Gasteiger partial charge on any atom is 0.141 e. The molecule has 2 aromatic heterocycles. The number of pyridine rings is 1. The fourth-order valence-corrected chi connectivity index (χ4v) is 4.74. The number of halogens is 1.